The monoisotopic (exact) mass is 366 g/mol. The van der Waals surface area contributed by atoms with Crippen molar-refractivity contribution in [2.24, 2.45) is 0 Å². The standard InChI is InChI=1S/C25H22N2O/c1-25-18-23(20-11-4-2-5-12-20)27(24(28)21-13-6-3-7-14-21)26(25)17-16-19-10-8-9-15-22(19)25/h2-15,18H,16-17H2,1H3/t25-/m1/s1. The third-order valence-corrected chi connectivity index (χ3v) is 5.86. The summed E-state index contributed by atoms with van der Waals surface area (Å²) in [7, 11) is 0. The molecule has 3 aromatic carbocycles. The smallest absolute Gasteiger partial charge is 0.267 e. The number of amides is 1. The predicted octanol–water partition coefficient (Wildman–Crippen LogP) is 4.87. The van der Waals surface area contributed by atoms with Gasteiger partial charge in [-0.05, 0) is 48.2 Å². The first-order valence-electron chi connectivity index (χ1n) is 9.72. The van der Waals surface area contributed by atoms with E-state index in [1.807, 2.05) is 53.5 Å². The minimum Gasteiger partial charge on any atom is -0.267 e. The van der Waals surface area contributed by atoms with Gasteiger partial charge in [-0.3, -0.25) is 4.79 Å². The van der Waals surface area contributed by atoms with Crippen LogP contribution in [0.4, 0.5) is 0 Å². The van der Waals surface area contributed by atoms with Gasteiger partial charge in [-0.2, -0.15) is 5.01 Å². The summed E-state index contributed by atoms with van der Waals surface area (Å²) in [6, 6.07) is 28.3. The Balaban J connectivity index is 1.68. The number of fused-ring (bicyclic) bond motifs is 3. The SMILES string of the molecule is C[C@]12C=C(c3ccccc3)N(C(=O)c3ccccc3)N1CCc1ccccc12. The molecule has 0 N–H and O–H groups in total. The van der Waals surface area contributed by atoms with Crippen LogP contribution in [0.5, 0.6) is 0 Å². The van der Waals surface area contributed by atoms with Crippen LogP contribution in [0.2, 0.25) is 0 Å². The highest BCUT2D eigenvalue weighted by molar-refractivity contribution is 6.00. The van der Waals surface area contributed by atoms with Crippen LogP contribution in [0.3, 0.4) is 0 Å². The van der Waals surface area contributed by atoms with Gasteiger partial charge in [-0.1, -0.05) is 72.8 Å². The van der Waals surface area contributed by atoms with E-state index in [-0.39, 0.29) is 11.4 Å². The van der Waals surface area contributed by atoms with E-state index in [1.54, 1.807) is 0 Å². The van der Waals surface area contributed by atoms with Crippen LogP contribution in [0.25, 0.3) is 5.70 Å². The van der Waals surface area contributed by atoms with Crippen molar-refractivity contribution in [1.29, 1.82) is 0 Å². The first kappa shape index (κ1) is 17.0. The van der Waals surface area contributed by atoms with Crippen LogP contribution in [0.1, 0.15) is 34.0 Å². The highest BCUT2D eigenvalue weighted by atomic mass is 16.2. The average Bonchev–Trinajstić information content (AvgIpc) is 3.08. The lowest BCUT2D eigenvalue weighted by molar-refractivity contribution is -0.0166. The lowest BCUT2D eigenvalue weighted by Gasteiger charge is -2.44. The van der Waals surface area contributed by atoms with Gasteiger partial charge in [0.15, 0.2) is 0 Å². The molecule has 0 aromatic heterocycles. The molecule has 0 unspecified atom stereocenters. The summed E-state index contributed by atoms with van der Waals surface area (Å²) in [5, 5.41) is 4.12. The van der Waals surface area contributed by atoms with Gasteiger partial charge in [0, 0.05) is 12.1 Å². The summed E-state index contributed by atoms with van der Waals surface area (Å²) < 4.78 is 0. The maximum atomic E-state index is 13.6. The summed E-state index contributed by atoms with van der Waals surface area (Å²) in [5.41, 5.74) is 5.00. The van der Waals surface area contributed by atoms with Gasteiger partial charge < -0.3 is 0 Å². The fourth-order valence-corrected chi connectivity index (χ4v) is 4.48. The zero-order chi connectivity index (χ0) is 19.1. The summed E-state index contributed by atoms with van der Waals surface area (Å²) in [5.74, 6) is 0.0128. The molecule has 0 fully saturated rings. The van der Waals surface area contributed by atoms with E-state index < -0.39 is 0 Å². The second-order valence-corrected chi connectivity index (χ2v) is 7.56. The lowest BCUT2D eigenvalue weighted by atomic mass is 9.83. The number of nitrogens with zero attached hydrogens (tertiary/aromatic N) is 2. The van der Waals surface area contributed by atoms with E-state index in [0.29, 0.717) is 5.56 Å². The Morgan fingerprint density at radius 3 is 2.25 bits per heavy atom. The van der Waals surface area contributed by atoms with Crippen LogP contribution in [-0.2, 0) is 12.0 Å². The van der Waals surface area contributed by atoms with Crippen molar-refractivity contribution in [3.8, 4) is 0 Å². The number of rotatable bonds is 2. The number of hydrogen-bond donors (Lipinski definition) is 0. The molecule has 1 atom stereocenters. The average molecular weight is 366 g/mol. The van der Waals surface area contributed by atoms with Crippen molar-refractivity contribution in [2.45, 2.75) is 18.9 Å². The molecular weight excluding hydrogens is 344 g/mol. The van der Waals surface area contributed by atoms with Crippen molar-refractivity contribution in [3.05, 3.63) is 113 Å². The Morgan fingerprint density at radius 2 is 1.50 bits per heavy atom. The summed E-state index contributed by atoms with van der Waals surface area (Å²) in [6.07, 6.45) is 3.18. The fraction of sp³-hybridized carbons (Fsp3) is 0.160. The Bertz CT molecular complexity index is 1060. The van der Waals surface area contributed by atoms with Crippen LogP contribution < -0.4 is 0 Å². The first-order valence-corrected chi connectivity index (χ1v) is 9.72. The van der Waals surface area contributed by atoms with Crippen LogP contribution >= 0.6 is 0 Å². The van der Waals surface area contributed by atoms with Gasteiger partial charge in [0.25, 0.3) is 5.91 Å². The Hall–Kier alpha value is -3.17. The maximum Gasteiger partial charge on any atom is 0.272 e. The largest absolute Gasteiger partial charge is 0.272 e. The van der Waals surface area contributed by atoms with Gasteiger partial charge in [0.1, 0.15) is 0 Å². The van der Waals surface area contributed by atoms with Gasteiger partial charge >= 0.3 is 0 Å². The van der Waals surface area contributed by atoms with Gasteiger partial charge in [-0.15, -0.1) is 0 Å². The van der Waals surface area contributed by atoms with Crippen LogP contribution in [-0.4, -0.2) is 22.5 Å². The van der Waals surface area contributed by atoms with E-state index in [1.165, 1.54) is 11.1 Å². The van der Waals surface area contributed by atoms with E-state index >= 15 is 0 Å². The molecule has 2 aliphatic heterocycles. The molecule has 5 rings (SSSR count). The molecular formula is C25H22N2O. The molecule has 0 radical (unpaired) electrons. The predicted molar refractivity (Wildman–Crippen MR) is 111 cm³/mol. The molecule has 0 bridgehead atoms. The molecule has 3 aromatic rings. The molecule has 138 valence electrons. The van der Waals surface area contributed by atoms with E-state index in [0.717, 1.165) is 24.2 Å². The summed E-state index contributed by atoms with van der Waals surface area (Å²) >= 11 is 0. The lowest BCUT2D eigenvalue weighted by Crippen LogP contribution is -2.53. The Kier molecular flexibility index (Phi) is 3.92. The van der Waals surface area contributed by atoms with Crippen molar-refractivity contribution < 1.29 is 4.79 Å². The second-order valence-electron chi connectivity index (χ2n) is 7.56. The topological polar surface area (TPSA) is 23.6 Å². The normalized spacial score (nSPS) is 21.0. The first-order chi connectivity index (χ1) is 13.7. The molecule has 0 saturated heterocycles. The minimum atomic E-state index is -0.343. The van der Waals surface area contributed by atoms with Crippen LogP contribution in [0.15, 0.2) is 91.0 Å². The minimum absolute atomic E-state index is 0.0128. The van der Waals surface area contributed by atoms with Crippen molar-refractivity contribution >= 4 is 11.6 Å². The zero-order valence-corrected chi connectivity index (χ0v) is 15.9. The molecule has 0 spiro atoms. The summed E-state index contributed by atoms with van der Waals surface area (Å²) in [4.78, 5) is 13.6. The second kappa shape index (κ2) is 6.47. The number of carbonyl (C=O) groups is 1. The highest BCUT2D eigenvalue weighted by Gasteiger charge is 2.48. The zero-order valence-electron chi connectivity index (χ0n) is 15.9. The fourth-order valence-electron chi connectivity index (χ4n) is 4.48. The van der Waals surface area contributed by atoms with Crippen molar-refractivity contribution in [3.63, 3.8) is 0 Å². The maximum absolute atomic E-state index is 13.6. The molecule has 3 nitrogen and oxygen atoms in total. The molecule has 0 aliphatic carbocycles. The molecule has 3 heteroatoms. The highest BCUT2D eigenvalue weighted by Crippen LogP contribution is 2.46. The van der Waals surface area contributed by atoms with E-state index in [9.17, 15) is 4.79 Å². The Morgan fingerprint density at radius 1 is 0.857 bits per heavy atom. The van der Waals surface area contributed by atoms with Crippen LogP contribution in [0, 0.1) is 0 Å². The van der Waals surface area contributed by atoms with Gasteiger partial charge in [0.05, 0.1) is 11.2 Å². The van der Waals surface area contributed by atoms with Gasteiger partial charge in [-0.25, -0.2) is 5.01 Å². The summed E-state index contributed by atoms with van der Waals surface area (Å²) in [6.45, 7) is 3.02. The number of benzene rings is 3. The third-order valence-electron chi connectivity index (χ3n) is 5.86. The quantitative estimate of drug-likeness (QED) is 0.646. The number of carbonyl (C=O) groups excluding carboxylic acids is 1. The number of hydrogen-bond acceptors (Lipinski definition) is 2. The van der Waals surface area contributed by atoms with E-state index in [4.69, 9.17) is 0 Å². The Labute approximate surface area is 165 Å². The number of hydrazine groups is 1. The molecule has 2 heterocycles. The third kappa shape index (κ3) is 2.51. The molecule has 0 saturated carbocycles. The molecule has 1 amide bonds. The molecule has 2 aliphatic rings. The van der Waals surface area contributed by atoms with Gasteiger partial charge in [0.2, 0.25) is 0 Å². The molecule has 28 heavy (non-hydrogen) atoms. The van der Waals surface area contributed by atoms with E-state index in [2.05, 4.69) is 54.4 Å². The van der Waals surface area contributed by atoms with Crippen molar-refractivity contribution in [2.75, 3.05) is 6.54 Å². The van der Waals surface area contributed by atoms with Crippen molar-refractivity contribution in [1.82, 2.24) is 10.0 Å².